The molecule has 4 aliphatic heterocycles. The van der Waals surface area contributed by atoms with Crippen molar-refractivity contribution in [3.8, 4) is 22.4 Å². The molecule has 5 atom stereocenters. The summed E-state index contributed by atoms with van der Waals surface area (Å²) in [7, 11) is 3.34. The van der Waals surface area contributed by atoms with Gasteiger partial charge in [0.1, 0.15) is 18.1 Å². The molecule has 2 fully saturated rings. The average molecular weight is 943 g/mol. The first kappa shape index (κ1) is 49.5. The zero-order valence-corrected chi connectivity index (χ0v) is 41.7. The third-order valence-electron chi connectivity index (χ3n) is 14.6. The SMILES string of the molecule is C=CC(=O)N1CCC(C(=O)N(C)[C@H](C(=O)N[C@H]2Cc3cccc(c3)-c3ccc4c(c3)c(c(-c3cc5c(nc3[C@H](C)OC)CNCC5)n4CC)CC(C)(C)COC(=O)[C@@H]3CCCN(N3)C2=O)C(C)C)C1. The molecule has 3 N–H and O–H groups in total. The van der Waals surface area contributed by atoms with Gasteiger partial charge in [-0.3, -0.25) is 34.0 Å². The number of hydrogen-bond acceptors (Lipinski definition) is 10. The largest absolute Gasteiger partial charge is 0.464 e. The number of rotatable bonds is 10. The van der Waals surface area contributed by atoms with Crippen LogP contribution in [-0.2, 0) is 65.8 Å². The minimum atomic E-state index is -1.05. The van der Waals surface area contributed by atoms with E-state index < -0.39 is 47.2 Å². The summed E-state index contributed by atoms with van der Waals surface area (Å²) < 4.78 is 14.6. The highest BCUT2D eigenvalue weighted by Gasteiger charge is 2.40. The zero-order chi connectivity index (χ0) is 49.3. The number of nitrogens with one attached hydrogen (secondary N) is 3. The minimum absolute atomic E-state index is 0.137. The number of carbonyl (C=O) groups excluding carboxylic acids is 5. The Morgan fingerprint density at radius 2 is 1.86 bits per heavy atom. The first-order valence-corrected chi connectivity index (χ1v) is 24.8. The third-order valence-corrected chi connectivity index (χ3v) is 14.6. The fourth-order valence-electron chi connectivity index (χ4n) is 10.9. The number of aromatic nitrogens is 2. The molecule has 0 aliphatic carbocycles. The first-order chi connectivity index (χ1) is 33.0. The van der Waals surface area contributed by atoms with Crippen LogP contribution < -0.4 is 16.1 Å². The van der Waals surface area contributed by atoms with Gasteiger partial charge < -0.3 is 34.5 Å². The van der Waals surface area contributed by atoms with Crippen LogP contribution >= 0.6 is 0 Å². The average Bonchev–Trinajstić information content (AvgIpc) is 3.96. The van der Waals surface area contributed by atoms with Crippen LogP contribution in [0.25, 0.3) is 33.3 Å². The number of aryl methyl sites for hydroxylation is 1. The van der Waals surface area contributed by atoms with Crippen molar-refractivity contribution in [1.29, 1.82) is 0 Å². The Kier molecular flexibility index (Phi) is 14.8. The Bertz CT molecular complexity index is 2640. The standard InChI is InChI=1S/C54H70N8O7/c1-10-46(63)60-23-20-38(30-60)51(65)59(8)48(32(3)4)50(64)57-43-25-34-14-12-15-35(24-34)36-17-18-45-39(26-36)41(28-54(6,7)31-69-53(67)42-16-13-22-62(58-42)52(43)66)49(61(45)11-2)40-27-37-19-21-55-29-44(37)56-47(40)33(5)68-9/h10,12,14-15,17-18,24,26-27,32-33,38,42-43,48,55,58H,1,11,13,16,19-23,25,28-31H2,2-9H3,(H,57,64)/t33-,38?,42-,43-,48-/m0/s1. The van der Waals surface area contributed by atoms with Crippen LogP contribution in [0, 0.1) is 17.3 Å². The number of ether oxygens (including phenoxy) is 2. The molecule has 6 heterocycles. The van der Waals surface area contributed by atoms with Gasteiger partial charge in [0.25, 0.3) is 5.91 Å². The molecule has 368 valence electrons. The van der Waals surface area contributed by atoms with E-state index in [0.29, 0.717) is 51.9 Å². The maximum atomic E-state index is 14.8. The van der Waals surface area contributed by atoms with Gasteiger partial charge >= 0.3 is 5.97 Å². The van der Waals surface area contributed by atoms with Crippen LogP contribution in [0.3, 0.4) is 0 Å². The molecule has 0 saturated carbocycles. The summed E-state index contributed by atoms with van der Waals surface area (Å²) >= 11 is 0. The number of likely N-dealkylation sites (tertiary alicyclic amines) is 1. The molecule has 4 aliphatic rings. The van der Waals surface area contributed by atoms with E-state index in [1.807, 2.05) is 32.9 Å². The van der Waals surface area contributed by atoms with Crippen molar-refractivity contribution in [2.75, 3.05) is 46.9 Å². The molecule has 0 spiro atoms. The topological polar surface area (TPSA) is 167 Å². The molecule has 15 nitrogen and oxygen atoms in total. The third kappa shape index (κ3) is 10.2. The number of cyclic esters (lactones) is 1. The Morgan fingerprint density at radius 3 is 2.59 bits per heavy atom. The second-order valence-corrected chi connectivity index (χ2v) is 20.5. The summed E-state index contributed by atoms with van der Waals surface area (Å²) in [5.41, 5.74) is 12.9. The number of benzene rings is 2. The highest BCUT2D eigenvalue weighted by Crippen LogP contribution is 2.43. The van der Waals surface area contributed by atoms with Crippen LogP contribution in [0.2, 0.25) is 0 Å². The van der Waals surface area contributed by atoms with Crippen molar-refractivity contribution in [2.45, 2.75) is 117 Å². The summed E-state index contributed by atoms with van der Waals surface area (Å²) in [6.07, 6.45) is 4.09. The van der Waals surface area contributed by atoms with Crippen molar-refractivity contribution in [2.24, 2.45) is 17.3 Å². The molecule has 2 saturated heterocycles. The van der Waals surface area contributed by atoms with Gasteiger partial charge in [-0.1, -0.05) is 64.6 Å². The van der Waals surface area contributed by atoms with Crippen molar-refractivity contribution in [3.63, 3.8) is 0 Å². The van der Waals surface area contributed by atoms with E-state index in [-0.39, 0.29) is 43.4 Å². The highest BCUT2D eigenvalue weighted by atomic mass is 16.5. The van der Waals surface area contributed by atoms with Crippen LogP contribution in [0.4, 0.5) is 0 Å². The smallest absolute Gasteiger partial charge is 0.324 e. The second kappa shape index (κ2) is 20.6. The van der Waals surface area contributed by atoms with Crippen LogP contribution in [0.15, 0.2) is 61.2 Å². The maximum Gasteiger partial charge on any atom is 0.324 e. The minimum Gasteiger partial charge on any atom is -0.464 e. The number of pyridine rings is 1. The number of amides is 4. The number of methoxy groups -OCH3 is 1. The summed E-state index contributed by atoms with van der Waals surface area (Å²) in [5.74, 6) is -2.55. The molecule has 2 aromatic heterocycles. The lowest BCUT2D eigenvalue weighted by molar-refractivity contribution is -0.155. The molecule has 4 amide bonds. The van der Waals surface area contributed by atoms with Gasteiger partial charge in [0, 0.05) is 75.2 Å². The molecule has 2 aromatic carbocycles. The van der Waals surface area contributed by atoms with E-state index in [0.717, 1.165) is 68.8 Å². The predicted octanol–water partition coefficient (Wildman–Crippen LogP) is 5.91. The number of nitrogens with zero attached hydrogens (tertiary/aromatic N) is 5. The molecule has 69 heavy (non-hydrogen) atoms. The predicted molar refractivity (Wildman–Crippen MR) is 265 cm³/mol. The fraction of sp³-hybridized carbons (Fsp3) is 0.519. The fourth-order valence-corrected chi connectivity index (χ4v) is 10.9. The summed E-state index contributed by atoms with van der Waals surface area (Å²) in [5, 5.41) is 9.09. The van der Waals surface area contributed by atoms with E-state index in [1.54, 1.807) is 19.1 Å². The van der Waals surface area contributed by atoms with Gasteiger partial charge in [0.15, 0.2) is 0 Å². The number of esters is 1. The van der Waals surface area contributed by atoms with Gasteiger partial charge in [-0.05, 0) is 111 Å². The van der Waals surface area contributed by atoms with Crippen LogP contribution in [-0.4, -0.2) is 119 Å². The number of hydrogen-bond donors (Lipinski definition) is 3. The molecule has 1 unspecified atom stereocenters. The Morgan fingerprint density at radius 1 is 1.07 bits per heavy atom. The van der Waals surface area contributed by atoms with Gasteiger partial charge in [0.05, 0.1) is 35.7 Å². The number of hydrazine groups is 1. The van der Waals surface area contributed by atoms with E-state index in [9.17, 15) is 24.0 Å². The van der Waals surface area contributed by atoms with Crippen molar-refractivity contribution in [1.82, 2.24) is 40.4 Å². The molecule has 6 bridgehead atoms. The number of likely N-dealkylation sites (N-methyl/N-ethyl adjacent to an activating group) is 1. The van der Waals surface area contributed by atoms with Crippen molar-refractivity contribution >= 4 is 40.5 Å². The lowest BCUT2D eigenvalue weighted by Gasteiger charge is -2.37. The number of carbonyl (C=O) groups is 5. The molecule has 15 heteroatoms. The molecule has 8 rings (SSSR count). The zero-order valence-electron chi connectivity index (χ0n) is 41.7. The Balaban J connectivity index is 1.20. The van der Waals surface area contributed by atoms with Gasteiger partial charge in [-0.2, -0.15) is 0 Å². The quantitative estimate of drug-likeness (QED) is 0.129. The summed E-state index contributed by atoms with van der Waals surface area (Å²) in [6.45, 7) is 19.2. The van der Waals surface area contributed by atoms with E-state index in [1.165, 1.54) is 21.5 Å². The normalized spacial score (nSPS) is 21.6. The Labute approximate surface area is 406 Å². The van der Waals surface area contributed by atoms with Gasteiger partial charge in [-0.25, -0.2) is 5.43 Å². The summed E-state index contributed by atoms with van der Waals surface area (Å²) in [6, 6.07) is 14.2. The van der Waals surface area contributed by atoms with E-state index in [4.69, 9.17) is 14.5 Å². The van der Waals surface area contributed by atoms with Gasteiger partial charge in [0.2, 0.25) is 17.7 Å². The number of fused-ring (bicyclic) bond motifs is 7. The van der Waals surface area contributed by atoms with Crippen molar-refractivity contribution in [3.05, 3.63) is 89.3 Å². The lowest BCUT2D eigenvalue weighted by Crippen LogP contribution is -2.62. The first-order valence-electron chi connectivity index (χ1n) is 24.8. The van der Waals surface area contributed by atoms with E-state index >= 15 is 0 Å². The van der Waals surface area contributed by atoms with E-state index in [2.05, 4.69) is 84.4 Å². The molecule has 0 radical (unpaired) electrons. The Hall–Kier alpha value is -5.90. The van der Waals surface area contributed by atoms with Gasteiger partial charge in [-0.15, -0.1) is 0 Å². The molecular formula is C54H70N8O7. The summed E-state index contributed by atoms with van der Waals surface area (Å²) in [4.78, 5) is 78.0. The second-order valence-electron chi connectivity index (χ2n) is 20.5. The monoisotopic (exact) mass is 943 g/mol. The lowest BCUT2D eigenvalue weighted by atomic mass is 9.83. The van der Waals surface area contributed by atoms with Crippen LogP contribution in [0.5, 0.6) is 0 Å². The highest BCUT2D eigenvalue weighted by molar-refractivity contribution is 5.96. The molecular weight excluding hydrogens is 873 g/mol. The van der Waals surface area contributed by atoms with Crippen molar-refractivity contribution < 1.29 is 33.4 Å². The molecule has 4 aromatic rings. The maximum absolute atomic E-state index is 14.8. The van der Waals surface area contributed by atoms with Crippen LogP contribution in [0.1, 0.15) is 95.0 Å².